The quantitative estimate of drug-likeness (QED) is 0.573. The molecule has 94 valence electrons. The second-order valence-corrected chi connectivity index (χ2v) is 7.38. The standard InChI is InChI=1S/C13H29P.ClH/c1-10(2)7-13(14,8-11(3)4)9-12(5)6;/h10-12H,7-9,14H2,1-6H3;1H. The minimum atomic E-state index is 0. The molecule has 0 aliphatic carbocycles. The van der Waals surface area contributed by atoms with Crippen LogP contribution in [0.5, 0.6) is 0 Å². The maximum absolute atomic E-state index is 3.15. The molecule has 0 rings (SSSR count). The molecule has 0 N–H and O–H groups in total. The Bertz CT molecular complexity index is 126. The number of rotatable bonds is 6. The summed E-state index contributed by atoms with van der Waals surface area (Å²) in [4.78, 5) is 0. The molecule has 0 aliphatic rings. The van der Waals surface area contributed by atoms with E-state index in [-0.39, 0.29) is 12.4 Å². The molecule has 0 saturated carbocycles. The Hall–Kier alpha value is 0.720. The smallest absolute Gasteiger partial charge is 0.0143 e. The predicted octanol–water partition coefficient (Wildman–Crippen LogP) is 5.16. The van der Waals surface area contributed by atoms with E-state index in [4.69, 9.17) is 0 Å². The van der Waals surface area contributed by atoms with Crippen LogP contribution in [0.2, 0.25) is 0 Å². The number of hydrogen-bond acceptors (Lipinski definition) is 0. The van der Waals surface area contributed by atoms with Crippen LogP contribution in [-0.2, 0) is 0 Å². The zero-order valence-corrected chi connectivity index (χ0v) is 13.3. The van der Waals surface area contributed by atoms with Crippen LogP contribution in [0.3, 0.4) is 0 Å². The fourth-order valence-electron chi connectivity index (χ4n) is 2.69. The van der Waals surface area contributed by atoms with Crippen LogP contribution in [0.15, 0.2) is 0 Å². The molecule has 2 heteroatoms. The molecule has 1 unspecified atom stereocenters. The van der Waals surface area contributed by atoms with E-state index in [2.05, 4.69) is 50.8 Å². The largest absolute Gasteiger partial charge is 0.147 e. The molecule has 0 amide bonds. The van der Waals surface area contributed by atoms with Gasteiger partial charge < -0.3 is 0 Å². The van der Waals surface area contributed by atoms with Gasteiger partial charge in [0, 0.05) is 0 Å². The van der Waals surface area contributed by atoms with E-state index in [1.807, 2.05) is 0 Å². The highest BCUT2D eigenvalue weighted by Crippen LogP contribution is 2.39. The molecular formula is C13H30ClP. The van der Waals surface area contributed by atoms with E-state index in [0.29, 0.717) is 5.16 Å². The molecule has 0 aromatic rings. The first kappa shape index (κ1) is 18.1. The van der Waals surface area contributed by atoms with Crippen LogP contribution >= 0.6 is 21.6 Å². The molecule has 0 spiro atoms. The molecule has 0 aromatic carbocycles. The second kappa shape index (κ2) is 7.91. The minimum absolute atomic E-state index is 0. The summed E-state index contributed by atoms with van der Waals surface area (Å²) in [7, 11) is 3.15. The van der Waals surface area contributed by atoms with Gasteiger partial charge in [0.25, 0.3) is 0 Å². The molecule has 0 nitrogen and oxygen atoms in total. The summed E-state index contributed by atoms with van der Waals surface area (Å²) in [5, 5.41) is 0.483. The summed E-state index contributed by atoms with van der Waals surface area (Å²) in [5.41, 5.74) is 0. The van der Waals surface area contributed by atoms with Gasteiger partial charge >= 0.3 is 0 Å². The van der Waals surface area contributed by atoms with E-state index in [1.54, 1.807) is 0 Å². The summed E-state index contributed by atoms with van der Waals surface area (Å²) in [6.07, 6.45) is 4.02. The maximum atomic E-state index is 3.15. The third-order valence-corrected chi connectivity index (χ3v) is 3.15. The van der Waals surface area contributed by atoms with Crippen molar-refractivity contribution in [2.24, 2.45) is 17.8 Å². The van der Waals surface area contributed by atoms with Crippen molar-refractivity contribution in [3.05, 3.63) is 0 Å². The summed E-state index contributed by atoms with van der Waals surface area (Å²) in [5.74, 6) is 2.43. The third-order valence-electron chi connectivity index (χ3n) is 2.44. The van der Waals surface area contributed by atoms with Crippen molar-refractivity contribution >= 4 is 21.6 Å². The van der Waals surface area contributed by atoms with Gasteiger partial charge in [-0.3, -0.25) is 0 Å². The van der Waals surface area contributed by atoms with E-state index >= 15 is 0 Å². The number of hydrogen-bond donors (Lipinski definition) is 0. The first-order valence-electron chi connectivity index (χ1n) is 6.04. The van der Waals surface area contributed by atoms with Crippen LogP contribution in [0, 0.1) is 17.8 Å². The third kappa shape index (κ3) is 9.64. The van der Waals surface area contributed by atoms with Crippen molar-refractivity contribution in [2.75, 3.05) is 0 Å². The molecule has 0 aliphatic heterocycles. The Morgan fingerprint density at radius 3 is 1.07 bits per heavy atom. The van der Waals surface area contributed by atoms with Crippen molar-refractivity contribution in [2.45, 2.75) is 66.0 Å². The first-order chi connectivity index (χ1) is 6.25. The van der Waals surface area contributed by atoms with Crippen molar-refractivity contribution in [3.63, 3.8) is 0 Å². The van der Waals surface area contributed by atoms with E-state index < -0.39 is 0 Å². The van der Waals surface area contributed by atoms with E-state index in [9.17, 15) is 0 Å². The SMILES string of the molecule is CC(C)CC(P)(CC(C)C)CC(C)C.Cl. The molecule has 0 radical (unpaired) electrons. The van der Waals surface area contributed by atoms with Gasteiger partial charge in [-0.05, 0) is 42.2 Å². The maximum Gasteiger partial charge on any atom is -0.0143 e. The molecule has 0 fully saturated rings. The molecule has 0 saturated heterocycles. The minimum Gasteiger partial charge on any atom is -0.147 e. The lowest BCUT2D eigenvalue weighted by Crippen LogP contribution is -2.27. The fraction of sp³-hybridized carbons (Fsp3) is 1.00. The second-order valence-electron chi connectivity index (χ2n) is 6.16. The van der Waals surface area contributed by atoms with Crippen molar-refractivity contribution in [3.8, 4) is 0 Å². The Labute approximate surface area is 106 Å². The van der Waals surface area contributed by atoms with E-state index in [0.717, 1.165) is 17.8 Å². The van der Waals surface area contributed by atoms with Gasteiger partial charge in [0.05, 0.1) is 0 Å². The Morgan fingerprint density at radius 2 is 0.933 bits per heavy atom. The predicted molar refractivity (Wildman–Crippen MR) is 78.1 cm³/mol. The summed E-state index contributed by atoms with van der Waals surface area (Å²) >= 11 is 0. The summed E-state index contributed by atoms with van der Waals surface area (Å²) in [6, 6.07) is 0. The lowest BCUT2D eigenvalue weighted by atomic mass is 9.83. The molecule has 1 atom stereocenters. The lowest BCUT2D eigenvalue weighted by molar-refractivity contribution is 0.329. The van der Waals surface area contributed by atoms with Gasteiger partial charge in [0.15, 0.2) is 0 Å². The van der Waals surface area contributed by atoms with Crippen molar-refractivity contribution in [1.82, 2.24) is 0 Å². The Kier molecular flexibility index (Phi) is 9.54. The van der Waals surface area contributed by atoms with Crippen LogP contribution < -0.4 is 0 Å². The first-order valence-corrected chi connectivity index (χ1v) is 6.62. The fourth-order valence-corrected chi connectivity index (χ4v) is 4.10. The monoisotopic (exact) mass is 252 g/mol. The molecular weight excluding hydrogens is 223 g/mol. The van der Waals surface area contributed by atoms with Crippen molar-refractivity contribution < 1.29 is 0 Å². The zero-order chi connectivity index (χ0) is 11.4. The van der Waals surface area contributed by atoms with Gasteiger partial charge in [0.1, 0.15) is 0 Å². The Balaban J connectivity index is 0. The van der Waals surface area contributed by atoms with Crippen LogP contribution in [0.4, 0.5) is 0 Å². The highest BCUT2D eigenvalue weighted by atomic mass is 35.5. The average Bonchev–Trinajstić information content (AvgIpc) is 1.76. The normalized spacial score (nSPS) is 12.4. The number of halogens is 1. The van der Waals surface area contributed by atoms with Crippen LogP contribution in [0.25, 0.3) is 0 Å². The summed E-state index contributed by atoms with van der Waals surface area (Å²) in [6.45, 7) is 14.0. The van der Waals surface area contributed by atoms with Gasteiger partial charge in [-0.25, -0.2) is 0 Å². The zero-order valence-electron chi connectivity index (χ0n) is 11.3. The highest BCUT2D eigenvalue weighted by Gasteiger charge is 2.27. The summed E-state index contributed by atoms with van der Waals surface area (Å²) < 4.78 is 0. The molecule has 0 aromatic heterocycles. The van der Waals surface area contributed by atoms with Crippen LogP contribution in [0.1, 0.15) is 60.8 Å². The topological polar surface area (TPSA) is 0 Å². The molecule has 0 heterocycles. The lowest BCUT2D eigenvalue weighted by Gasteiger charge is -2.34. The van der Waals surface area contributed by atoms with Gasteiger partial charge in [-0.1, -0.05) is 41.5 Å². The van der Waals surface area contributed by atoms with Gasteiger partial charge in [-0.15, -0.1) is 21.6 Å². The van der Waals surface area contributed by atoms with Crippen LogP contribution in [-0.4, -0.2) is 5.16 Å². The average molecular weight is 253 g/mol. The Morgan fingerprint density at radius 1 is 0.733 bits per heavy atom. The van der Waals surface area contributed by atoms with Crippen molar-refractivity contribution in [1.29, 1.82) is 0 Å². The van der Waals surface area contributed by atoms with E-state index in [1.165, 1.54) is 19.3 Å². The van der Waals surface area contributed by atoms with Gasteiger partial charge in [-0.2, -0.15) is 0 Å². The highest BCUT2D eigenvalue weighted by molar-refractivity contribution is 7.19. The molecule has 15 heavy (non-hydrogen) atoms. The molecule has 0 bridgehead atoms. The van der Waals surface area contributed by atoms with Gasteiger partial charge in [0.2, 0.25) is 0 Å².